The largest absolute Gasteiger partial charge is 0.388 e. The molecule has 23 heavy (non-hydrogen) atoms. The van der Waals surface area contributed by atoms with Crippen LogP contribution in [-0.2, 0) is 11.2 Å². The summed E-state index contributed by atoms with van der Waals surface area (Å²) in [6.07, 6.45) is 1.75. The smallest absolute Gasteiger partial charge is 0.137 e. The van der Waals surface area contributed by atoms with Crippen molar-refractivity contribution in [3.8, 4) is 0 Å². The monoisotopic (exact) mass is 316 g/mol. The van der Waals surface area contributed by atoms with Crippen LogP contribution in [0, 0.1) is 5.82 Å². The van der Waals surface area contributed by atoms with Gasteiger partial charge in [0.1, 0.15) is 12.1 Å². The van der Waals surface area contributed by atoms with Crippen molar-refractivity contribution < 1.29 is 9.18 Å². The summed E-state index contributed by atoms with van der Waals surface area (Å²) < 4.78 is 12.2. The zero-order valence-corrected chi connectivity index (χ0v) is 13.9. The standard InChI is InChI=1S/C12H17NO.C7H8FN/c1-10(2)13-12(9-14)8-11-6-4-3-5-7-11;1-9-7-4-2-6(8)3-5-7/h3-7,9-10,12-13H,8H2,1-2H3;2-5,9H,1H3/t12-;/m0./s1. The summed E-state index contributed by atoms with van der Waals surface area (Å²) in [4.78, 5) is 10.8. The minimum atomic E-state index is -0.200. The van der Waals surface area contributed by atoms with Gasteiger partial charge in [0.05, 0.1) is 6.04 Å². The van der Waals surface area contributed by atoms with Gasteiger partial charge < -0.3 is 15.4 Å². The number of carbonyl (C=O) groups is 1. The van der Waals surface area contributed by atoms with Gasteiger partial charge in [-0.05, 0) is 36.2 Å². The fourth-order valence-electron chi connectivity index (χ4n) is 2.06. The summed E-state index contributed by atoms with van der Waals surface area (Å²) in [5, 5.41) is 6.10. The predicted octanol–water partition coefficient (Wildman–Crippen LogP) is 3.66. The Hall–Kier alpha value is -2.20. The van der Waals surface area contributed by atoms with E-state index in [1.165, 1.54) is 17.7 Å². The van der Waals surface area contributed by atoms with Crippen LogP contribution in [0.5, 0.6) is 0 Å². The topological polar surface area (TPSA) is 41.1 Å². The minimum absolute atomic E-state index is 0.0719. The molecule has 124 valence electrons. The molecular weight excluding hydrogens is 291 g/mol. The van der Waals surface area contributed by atoms with Crippen LogP contribution in [-0.4, -0.2) is 25.4 Å². The second-order valence-electron chi connectivity index (χ2n) is 5.51. The van der Waals surface area contributed by atoms with Crippen molar-refractivity contribution in [1.29, 1.82) is 0 Å². The van der Waals surface area contributed by atoms with Gasteiger partial charge in [-0.2, -0.15) is 0 Å². The van der Waals surface area contributed by atoms with Crippen LogP contribution in [0.2, 0.25) is 0 Å². The molecule has 0 spiro atoms. The van der Waals surface area contributed by atoms with Crippen LogP contribution >= 0.6 is 0 Å². The van der Waals surface area contributed by atoms with Gasteiger partial charge in [0.2, 0.25) is 0 Å². The Kier molecular flexibility index (Phi) is 8.62. The van der Waals surface area contributed by atoms with Crippen molar-refractivity contribution in [2.45, 2.75) is 32.4 Å². The molecule has 0 aromatic heterocycles. The second-order valence-corrected chi connectivity index (χ2v) is 5.51. The zero-order chi connectivity index (χ0) is 17.1. The van der Waals surface area contributed by atoms with Crippen LogP contribution in [0.25, 0.3) is 0 Å². The molecule has 0 amide bonds. The highest BCUT2D eigenvalue weighted by molar-refractivity contribution is 5.58. The maximum atomic E-state index is 12.2. The number of anilines is 1. The molecule has 2 aromatic rings. The number of hydrogen-bond donors (Lipinski definition) is 2. The van der Waals surface area contributed by atoms with E-state index in [-0.39, 0.29) is 11.9 Å². The lowest BCUT2D eigenvalue weighted by atomic mass is 10.1. The maximum Gasteiger partial charge on any atom is 0.137 e. The molecule has 0 aliphatic heterocycles. The van der Waals surface area contributed by atoms with Gasteiger partial charge in [0.25, 0.3) is 0 Å². The van der Waals surface area contributed by atoms with Crippen LogP contribution in [0.4, 0.5) is 10.1 Å². The summed E-state index contributed by atoms with van der Waals surface area (Å²) in [7, 11) is 1.80. The zero-order valence-electron chi connectivity index (χ0n) is 13.9. The van der Waals surface area contributed by atoms with Crippen molar-refractivity contribution in [2.24, 2.45) is 0 Å². The molecule has 2 aromatic carbocycles. The van der Waals surface area contributed by atoms with E-state index in [9.17, 15) is 9.18 Å². The third-order valence-corrected chi connectivity index (χ3v) is 3.14. The fourth-order valence-corrected chi connectivity index (χ4v) is 2.06. The Morgan fingerprint density at radius 2 is 1.65 bits per heavy atom. The number of benzene rings is 2. The van der Waals surface area contributed by atoms with Gasteiger partial charge in [-0.3, -0.25) is 0 Å². The lowest BCUT2D eigenvalue weighted by Crippen LogP contribution is -2.37. The average Bonchev–Trinajstić information content (AvgIpc) is 2.56. The summed E-state index contributed by atoms with van der Waals surface area (Å²) in [5.74, 6) is -0.200. The molecule has 0 saturated heterocycles. The summed E-state index contributed by atoms with van der Waals surface area (Å²) >= 11 is 0. The van der Waals surface area contributed by atoms with Gasteiger partial charge in [-0.1, -0.05) is 44.2 Å². The third kappa shape index (κ3) is 8.12. The molecule has 3 nitrogen and oxygen atoms in total. The van der Waals surface area contributed by atoms with Crippen LogP contribution in [0.1, 0.15) is 19.4 Å². The summed E-state index contributed by atoms with van der Waals surface area (Å²) in [6.45, 7) is 4.09. The first-order chi connectivity index (χ1) is 11.0. The molecule has 0 unspecified atom stereocenters. The SMILES string of the molecule is CC(C)N[C@H](C=O)Cc1ccccc1.CNc1ccc(F)cc1. The van der Waals surface area contributed by atoms with E-state index in [1.807, 2.05) is 44.2 Å². The molecular formula is C19H25FN2O. The first kappa shape index (κ1) is 18.8. The number of aldehydes is 1. The van der Waals surface area contributed by atoms with E-state index in [4.69, 9.17) is 0 Å². The summed E-state index contributed by atoms with van der Waals surface area (Å²) in [5.41, 5.74) is 2.12. The highest BCUT2D eigenvalue weighted by atomic mass is 19.1. The van der Waals surface area contributed by atoms with E-state index >= 15 is 0 Å². The number of rotatable bonds is 6. The highest BCUT2D eigenvalue weighted by Crippen LogP contribution is 2.06. The lowest BCUT2D eigenvalue weighted by molar-refractivity contribution is -0.109. The van der Waals surface area contributed by atoms with Crippen LogP contribution in [0.15, 0.2) is 54.6 Å². The lowest BCUT2D eigenvalue weighted by Gasteiger charge is -2.15. The molecule has 0 bridgehead atoms. The number of nitrogens with one attached hydrogen (secondary N) is 2. The Morgan fingerprint density at radius 3 is 2.13 bits per heavy atom. The van der Waals surface area contributed by atoms with Gasteiger partial charge in [0, 0.05) is 18.8 Å². The van der Waals surface area contributed by atoms with E-state index in [0.717, 1.165) is 18.4 Å². The number of hydrogen-bond acceptors (Lipinski definition) is 3. The average molecular weight is 316 g/mol. The maximum absolute atomic E-state index is 12.2. The second kappa shape index (κ2) is 10.5. The molecule has 0 heterocycles. The Morgan fingerprint density at radius 1 is 1.04 bits per heavy atom. The predicted molar refractivity (Wildman–Crippen MR) is 94.2 cm³/mol. The van der Waals surface area contributed by atoms with E-state index in [2.05, 4.69) is 10.6 Å². The number of halogens is 1. The van der Waals surface area contributed by atoms with Crippen molar-refractivity contribution >= 4 is 12.0 Å². The van der Waals surface area contributed by atoms with Crippen molar-refractivity contribution in [2.75, 3.05) is 12.4 Å². The van der Waals surface area contributed by atoms with Gasteiger partial charge in [-0.15, -0.1) is 0 Å². The van der Waals surface area contributed by atoms with E-state index in [0.29, 0.717) is 6.04 Å². The highest BCUT2D eigenvalue weighted by Gasteiger charge is 2.08. The molecule has 0 aliphatic carbocycles. The summed E-state index contributed by atoms with van der Waals surface area (Å²) in [6, 6.07) is 16.5. The quantitative estimate of drug-likeness (QED) is 0.799. The molecule has 2 rings (SSSR count). The van der Waals surface area contributed by atoms with Crippen LogP contribution in [0.3, 0.4) is 0 Å². The number of carbonyl (C=O) groups excluding carboxylic acids is 1. The van der Waals surface area contributed by atoms with E-state index < -0.39 is 0 Å². The van der Waals surface area contributed by atoms with Gasteiger partial charge in [-0.25, -0.2) is 4.39 Å². The van der Waals surface area contributed by atoms with Crippen molar-refractivity contribution in [1.82, 2.24) is 5.32 Å². The molecule has 0 fully saturated rings. The normalized spacial score (nSPS) is 11.3. The molecule has 2 N–H and O–H groups in total. The first-order valence-electron chi connectivity index (χ1n) is 7.73. The molecule has 0 saturated carbocycles. The van der Waals surface area contributed by atoms with Crippen molar-refractivity contribution in [3.05, 3.63) is 66.0 Å². The van der Waals surface area contributed by atoms with Gasteiger partial charge in [0.15, 0.2) is 0 Å². The third-order valence-electron chi connectivity index (χ3n) is 3.14. The fraction of sp³-hybridized carbons (Fsp3) is 0.316. The molecule has 4 heteroatoms. The molecule has 1 atom stereocenters. The Labute approximate surface area is 137 Å². The first-order valence-corrected chi connectivity index (χ1v) is 7.73. The Bertz CT molecular complexity index is 555. The van der Waals surface area contributed by atoms with Crippen molar-refractivity contribution in [3.63, 3.8) is 0 Å². The van der Waals surface area contributed by atoms with E-state index in [1.54, 1.807) is 19.2 Å². The Balaban J connectivity index is 0.000000253. The minimum Gasteiger partial charge on any atom is -0.388 e. The van der Waals surface area contributed by atoms with Crippen LogP contribution < -0.4 is 10.6 Å². The molecule has 0 aliphatic rings. The molecule has 0 radical (unpaired) electrons. The van der Waals surface area contributed by atoms with Gasteiger partial charge >= 0.3 is 0 Å².